The van der Waals surface area contributed by atoms with Crippen LogP contribution >= 0.6 is 92.1 Å². The lowest BCUT2D eigenvalue weighted by Crippen LogP contribution is -2.10. The van der Waals surface area contributed by atoms with E-state index >= 15 is 0 Å². The molecule has 0 saturated carbocycles. The van der Waals surface area contributed by atoms with Crippen LogP contribution in [-0.4, -0.2) is 153 Å². The molecule has 0 saturated heterocycles. The topological polar surface area (TPSA) is 604 Å². The minimum Gasteiger partial charge on any atom is -0.495 e. The number of aromatic nitrogens is 4. The third-order valence-electron chi connectivity index (χ3n) is 15.9. The maximum atomic E-state index is 12.4. The summed E-state index contributed by atoms with van der Waals surface area (Å²) in [6.45, 7) is 11.8. The van der Waals surface area contributed by atoms with Crippen LogP contribution in [-0.2, 0) is 76.7 Å². The molecule has 11 rings (SSSR count). The quantitative estimate of drug-likeness (QED) is 0.0156. The fourth-order valence-corrected chi connectivity index (χ4v) is 14.1. The van der Waals surface area contributed by atoms with E-state index in [1.54, 1.807) is 26.4 Å². The first kappa shape index (κ1) is 110. The van der Waals surface area contributed by atoms with E-state index in [4.69, 9.17) is 88.6 Å². The number of fused-ring (bicyclic) bond motifs is 5. The van der Waals surface area contributed by atoms with Gasteiger partial charge < -0.3 is 96.1 Å². The Hall–Kier alpha value is -13.6. The van der Waals surface area contributed by atoms with Crippen LogP contribution in [0.1, 0.15) is 86.4 Å². The van der Waals surface area contributed by atoms with Crippen LogP contribution in [0.5, 0.6) is 40.2 Å². The van der Waals surface area contributed by atoms with Gasteiger partial charge in [0.05, 0.1) is 146 Å². The van der Waals surface area contributed by atoms with E-state index in [9.17, 15) is 59.1 Å². The molecule has 0 unspecified atom stereocenters. The highest BCUT2D eigenvalue weighted by atomic mass is 79.9. The molecule has 0 aliphatic carbocycles. The summed E-state index contributed by atoms with van der Waals surface area (Å²) in [5.41, 5.74) is 26.5. The second kappa shape index (κ2) is 54.8. The van der Waals surface area contributed by atoms with Crippen LogP contribution in [0.15, 0.2) is 119 Å². The fourth-order valence-electron chi connectivity index (χ4n) is 10.8. The zero-order valence-corrected chi connectivity index (χ0v) is 78.4. The number of nitro benzene ring substituents is 3. The number of nitro groups is 3. The summed E-state index contributed by atoms with van der Waals surface area (Å²) >= 11 is 17.0. The SMILES string of the molecule is CCc1cc2c(Br)c(OC)c(N)cc2[nH]1.CCc1cc2c(Br)c(OC)c(NC(C)=O)cc2[nH]1.CCc1cc2c(Br)c(OC)c3nc(C(=O)OC)cc(C(=O)OC)c3c2[nH]1.COc1c(Br)cc(N)cc1NC(C)=O.COc1c(Br)cc([N+](=O)[O-])cc1NC(C)=O.COc1ccc([N+](=O)[O-])cc1N.COc1ccc([N+](=O)[O-])cc1NC(C)=O.Cl.O=C=O.O=C=O.O=C=O. The first-order valence-corrected chi connectivity index (χ1v) is 39.1. The Morgan fingerprint density at radius 3 is 1.21 bits per heavy atom. The number of nitrogen functional groups attached to an aromatic ring is 3. The molecule has 0 bridgehead atoms. The van der Waals surface area contributed by atoms with E-state index in [1.165, 1.54) is 138 Å². The molecular formula is C79H84Br5ClN14O27. The van der Waals surface area contributed by atoms with Gasteiger partial charge in [-0.1, -0.05) is 20.8 Å². The lowest BCUT2D eigenvalue weighted by Gasteiger charge is -2.13. The van der Waals surface area contributed by atoms with E-state index in [2.05, 4.69) is 147 Å². The number of nitrogens with zero attached hydrogens (tertiary/aromatic N) is 4. The summed E-state index contributed by atoms with van der Waals surface area (Å²) in [5.74, 6) is 1.33. The number of nitrogens with two attached hydrogens (primary N) is 3. The number of halogens is 6. The molecule has 7 aromatic carbocycles. The Morgan fingerprint density at radius 2 is 0.794 bits per heavy atom. The lowest BCUT2D eigenvalue weighted by molar-refractivity contribution is -0.385. The van der Waals surface area contributed by atoms with Crippen molar-refractivity contribution in [1.82, 2.24) is 19.9 Å². The number of aromatic amines is 3. The Balaban J connectivity index is 0.000000731. The monoisotopic (exact) mass is 2090 g/mol. The van der Waals surface area contributed by atoms with Gasteiger partial charge in [0.2, 0.25) is 23.6 Å². The summed E-state index contributed by atoms with van der Waals surface area (Å²) in [6, 6.07) is 25.3. The van der Waals surface area contributed by atoms with Gasteiger partial charge in [-0.15, -0.1) is 12.4 Å². The number of rotatable bonds is 19. The van der Waals surface area contributed by atoms with E-state index < -0.39 is 26.7 Å². The highest BCUT2D eigenvalue weighted by molar-refractivity contribution is 9.11. The zero-order chi connectivity index (χ0) is 95.0. The summed E-state index contributed by atoms with van der Waals surface area (Å²) in [4.78, 5) is 161. The van der Waals surface area contributed by atoms with Crippen molar-refractivity contribution in [2.75, 3.05) is 102 Å². The molecule has 674 valence electrons. The number of benzene rings is 7. The van der Waals surface area contributed by atoms with Crippen molar-refractivity contribution < 1.29 is 115 Å². The molecule has 126 heavy (non-hydrogen) atoms. The maximum Gasteiger partial charge on any atom is 0.373 e. The molecule has 13 N–H and O–H groups in total. The summed E-state index contributed by atoms with van der Waals surface area (Å²) in [5, 5.41) is 45.2. The summed E-state index contributed by atoms with van der Waals surface area (Å²) in [6.07, 6.45) is 3.44. The zero-order valence-electron chi connectivity index (χ0n) is 69.7. The molecule has 0 aliphatic heterocycles. The standard InChI is InChI=1S/C18H17BrN2O5.C13H15BrN2O2.C11H13BrN2O.C9H9BrN2O4.C9H11BrN2O2.C9H10N2O4.C7H8N2O3.3CO2.ClH/c1-5-8-6-10-13(19)16(24-2)15-12(14(10)20-8)9(17(22)25-3)7-11(21-15)18(23)26-4;1-4-8-5-9-10(16-8)6-11(15-7(2)17)13(18-3)12(9)14;1-3-6-4-7-9(14-6)5-8(13)11(15-2)10(7)12;1-5(13)11-8-4-6(12(14)15)3-7(10)9(8)16-2;1-5(13)12-8-4-6(11)3-7(10)9(8)14-2;1-6(12)10-8-5-7(11(13)14)3-4-9(8)15-2;1-12-7-3-2-5(9(10)11)4-6(7)8;3*2-1-3;/h6-7,20H,5H2,1-4H3;5-6,16H,4H2,1-3H3,(H,15,17);4-5,14H,3,13H2,1-2H3;3-4H,1-2H3,(H,11,13);3-4H,11H2,1-2H3,(H,12,13);3-5H,1-2H3,(H,10,12);2-4H,8H2,1H3;;;;1H. The molecule has 41 nitrogen and oxygen atoms in total. The Morgan fingerprint density at radius 1 is 0.421 bits per heavy atom. The van der Waals surface area contributed by atoms with Crippen LogP contribution in [0.3, 0.4) is 0 Å². The van der Waals surface area contributed by atoms with Gasteiger partial charge in [-0.05, 0) is 160 Å². The van der Waals surface area contributed by atoms with Gasteiger partial charge in [-0.25, -0.2) is 14.6 Å². The van der Waals surface area contributed by atoms with Crippen LogP contribution in [0, 0.1) is 30.3 Å². The first-order valence-electron chi connectivity index (χ1n) is 35.2. The molecule has 4 aromatic heterocycles. The van der Waals surface area contributed by atoms with E-state index in [0.717, 1.165) is 66.8 Å². The Kier molecular flexibility index (Phi) is 48.0. The van der Waals surface area contributed by atoms with Crippen LogP contribution in [0.4, 0.5) is 56.9 Å². The molecule has 0 radical (unpaired) electrons. The van der Waals surface area contributed by atoms with Gasteiger partial charge in [0.25, 0.3) is 17.1 Å². The highest BCUT2D eigenvalue weighted by Gasteiger charge is 2.27. The van der Waals surface area contributed by atoms with Gasteiger partial charge >= 0.3 is 30.4 Å². The number of methoxy groups -OCH3 is 9. The molecule has 0 fully saturated rings. The van der Waals surface area contributed by atoms with Gasteiger partial charge in [0, 0.05) is 119 Å². The minimum absolute atomic E-state index is 0. The van der Waals surface area contributed by atoms with Crippen LogP contribution < -0.4 is 71.6 Å². The van der Waals surface area contributed by atoms with Crippen molar-refractivity contribution >= 4 is 247 Å². The first-order chi connectivity index (χ1) is 59.1. The lowest BCUT2D eigenvalue weighted by atomic mass is 10.0. The van der Waals surface area contributed by atoms with Gasteiger partial charge in [-0.2, -0.15) is 28.8 Å². The number of nitrogens with one attached hydrogen (secondary N) is 7. The number of hydrogen-bond acceptors (Lipinski definition) is 31. The predicted octanol–water partition coefficient (Wildman–Crippen LogP) is 15.9. The summed E-state index contributed by atoms with van der Waals surface area (Å²) < 4.78 is 49.3. The minimum atomic E-state index is -0.656. The van der Waals surface area contributed by atoms with Crippen molar-refractivity contribution in [3.63, 3.8) is 0 Å². The number of ether oxygens (including phenoxy) is 9. The predicted molar refractivity (Wildman–Crippen MR) is 484 cm³/mol. The summed E-state index contributed by atoms with van der Waals surface area (Å²) in [7, 11) is 13.1. The number of anilines is 7. The fraction of sp³-hybridized carbons (Fsp3) is 0.241. The van der Waals surface area contributed by atoms with Gasteiger partial charge in [0.1, 0.15) is 22.7 Å². The number of non-ortho nitro benzene ring substituents is 3. The van der Waals surface area contributed by atoms with Crippen LogP contribution in [0.2, 0.25) is 0 Å². The number of pyridine rings is 1. The van der Waals surface area contributed by atoms with Gasteiger partial charge in [0.15, 0.2) is 28.7 Å². The Bertz CT molecular complexity index is 5820. The third-order valence-corrected chi connectivity index (χ3v) is 19.4. The molecule has 0 spiro atoms. The molecule has 11 aromatic rings. The molecule has 4 amide bonds. The number of H-pyrrole nitrogens is 3. The van der Waals surface area contributed by atoms with Gasteiger partial charge in [-0.3, -0.25) is 49.5 Å². The Labute approximate surface area is 764 Å². The van der Waals surface area contributed by atoms with Crippen molar-refractivity contribution in [2.45, 2.75) is 67.7 Å². The van der Waals surface area contributed by atoms with Crippen LogP contribution in [0.25, 0.3) is 43.6 Å². The molecule has 47 heteroatoms. The van der Waals surface area contributed by atoms with Crippen molar-refractivity contribution in [3.8, 4) is 40.2 Å². The van der Waals surface area contributed by atoms with E-state index in [1.807, 2.05) is 25.1 Å². The van der Waals surface area contributed by atoms with E-state index in [-0.39, 0.29) is 94.2 Å². The molecule has 4 heterocycles. The normalized spacial score (nSPS) is 9.60. The highest BCUT2D eigenvalue weighted by Crippen LogP contribution is 2.45. The largest absolute Gasteiger partial charge is 0.495 e. The second-order valence-corrected chi connectivity index (χ2v) is 28.1. The maximum absolute atomic E-state index is 12.4. The number of carbonyl (C=O) groups is 6. The number of aryl methyl sites for hydroxylation is 3. The van der Waals surface area contributed by atoms with E-state index in [0.29, 0.717) is 98.5 Å². The number of amides is 4. The second-order valence-electron chi connectivity index (χ2n) is 24.0. The average Bonchev–Trinajstić information content (AvgIpc) is 1.45. The van der Waals surface area contributed by atoms with Crippen molar-refractivity contribution in [3.05, 3.63) is 178 Å². The van der Waals surface area contributed by atoms with Crippen molar-refractivity contribution in [2.24, 2.45) is 0 Å². The number of esters is 2. The number of hydrogen-bond donors (Lipinski definition) is 10. The molecule has 0 aliphatic rings. The third kappa shape index (κ3) is 31.6. The molecular weight excluding hydrogens is 2010 g/mol. The average molecular weight is 2100 g/mol. The smallest absolute Gasteiger partial charge is 0.373 e. The number of carbonyl (C=O) groups excluding carboxylic acids is 12. The van der Waals surface area contributed by atoms with Crippen molar-refractivity contribution in [1.29, 1.82) is 0 Å². The molecule has 0 atom stereocenters.